The lowest BCUT2D eigenvalue weighted by atomic mass is 9.89. The molecule has 8 nitrogen and oxygen atoms in total. The van der Waals surface area contributed by atoms with Crippen LogP contribution >= 0.6 is 0 Å². The third-order valence-electron chi connectivity index (χ3n) is 5.96. The number of hydrogen-bond donors (Lipinski definition) is 0. The molecule has 174 valence electrons. The van der Waals surface area contributed by atoms with Gasteiger partial charge in [0.2, 0.25) is 5.91 Å². The number of rotatable bonds is 6. The first kappa shape index (κ1) is 24.1. The maximum atomic E-state index is 12.9. The lowest BCUT2D eigenvalue weighted by Gasteiger charge is -2.37. The van der Waals surface area contributed by atoms with Crippen molar-refractivity contribution >= 4 is 23.6 Å². The van der Waals surface area contributed by atoms with Gasteiger partial charge in [0, 0.05) is 31.8 Å². The number of piperazine rings is 1. The third-order valence-corrected chi connectivity index (χ3v) is 5.96. The van der Waals surface area contributed by atoms with Gasteiger partial charge in [-0.3, -0.25) is 24.6 Å². The Morgan fingerprint density at radius 3 is 2.55 bits per heavy atom. The minimum atomic E-state index is -0.521. The van der Waals surface area contributed by atoms with Crippen LogP contribution in [0.2, 0.25) is 0 Å². The maximum Gasteiger partial charge on any atom is 0.324 e. The van der Waals surface area contributed by atoms with Gasteiger partial charge in [0.25, 0.3) is 5.69 Å². The van der Waals surface area contributed by atoms with Crippen LogP contribution in [0.25, 0.3) is 17.2 Å². The molecule has 3 rings (SSSR count). The zero-order chi connectivity index (χ0) is 24.1. The first-order chi connectivity index (χ1) is 15.7. The molecule has 0 spiro atoms. The van der Waals surface area contributed by atoms with Crippen LogP contribution in [0.1, 0.15) is 30.9 Å². The molecule has 1 fully saturated rings. The maximum absolute atomic E-state index is 12.9. The molecule has 0 bridgehead atoms. The summed E-state index contributed by atoms with van der Waals surface area (Å²) in [7, 11) is 3.15. The zero-order valence-corrected chi connectivity index (χ0v) is 19.4. The lowest BCUT2D eigenvalue weighted by Crippen LogP contribution is -2.56. The Morgan fingerprint density at radius 2 is 1.88 bits per heavy atom. The van der Waals surface area contributed by atoms with Gasteiger partial charge in [0.1, 0.15) is 6.04 Å². The summed E-state index contributed by atoms with van der Waals surface area (Å²) < 4.78 is 4.85. The number of nitrogens with zero attached hydrogens (tertiary/aromatic N) is 3. The standard InChI is InChI=1S/C25H29N3O5/c1-17(2)19-9-5-6-10-20(19)24-18(8-7-11-21(24)28(31)32)12-13-23(29)27-15-14-26(3)22(16-27)25(30)33-4/h5-13,17,22H,14-16H2,1-4H3/b13-12+. The third kappa shape index (κ3) is 5.28. The van der Waals surface area contributed by atoms with Crippen molar-refractivity contribution in [2.45, 2.75) is 25.8 Å². The topological polar surface area (TPSA) is 93.0 Å². The second kappa shape index (κ2) is 10.4. The minimum absolute atomic E-state index is 0.0111. The molecule has 1 atom stereocenters. The van der Waals surface area contributed by atoms with E-state index in [1.807, 2.05) is 50.1 Å². The van der Waals surface area contributed by atoms with Gasteiger partial charge in [-0.1, -0.05) is 50.2 Å². The van der Waals surface area contributed by atoms with Gasteiger partial charge in [0.15, 0.2) is 0 Å². The highest BCUT2D eigenvalue weighted by Gasteiger charge is 2.32. The fourth-order valence-electron chi connectivity index (χ4n) is 4.10. The van der Waals surface area contributed by atoms with Crippen molar-refractivity contribution in [3.8, 4) is 11.1 Å². The number of likely N-dealkylation sites (N-methyl/N-ethyl adjacent to an activating group) is 1. The van der Waals surface area contributed by atoms with Gasteiger partial charge in [-0.25, -0.2) is 0 Å². The van der Waals surface area contributed by atoms with Crippen LogP contribution in [0.5, 0.6) is 0 Å². The molecule has 0 N–H and O–H groups in total. The highest BCUT2D eigenvalue weighted by Crippen LogP contribution is 2.38. The van der Waals surface area contributed by atoms with Crippen molar-refractivity contribution in [2.24, 2.45) is 0 Å². The minimum Gasteiger partial charge on any atom is -0.468 e. The predicted molar refractivity (Wildman–Crippen MR) is 127 cm³/mol. The van der Waals surface area contributed by atoms with E-state index in [2.05, 4.69) is 0 Å². The Bertz CT molecular complexity index is 1080. The van der Waals surface area contributed by atoms with Crippen molar-refractivity contribution in [3.63, 3.8) is 0 Å². The molecule has 1 saturated heterocycles. The molecule has 0 saturated carbocycles. The molecule has 33 heavy (non-hydrogen) atoms. The van der Waals surface area contributed by atoms with Crippen LogP contribution < -0.4 is 0 Å². The first-order valence-electron chi connectivity index (χ1n) is 10.9. The molecule has 1 heterocycles. The number of hydrogen-bond acceptors (Lipinski definition) is 6. The molecule has 8 heteroatoms. The van der Waals surface area contributed by atoms with Gasteiger partial charge in [-0.05, 0) is 35.7 Å². The summed E-state index contributed by atoms with van der Waals surface area (Å²) in [6, 6.07) is 12.0. The van der Waals surface area contributed by atoms with Crippen LogP contribution in [0, 0.1) is 10.1 Å². The number of carbonyl (C=O) groups is 2. The van der Waals surface area contributed by atoms with Crippen molar-refractivity contribution in [1.82, 2.24) is 9.80 Å². The number of esters is 1. The van der Waals surface area contributed by atoms with Crippen LogP contribution in [0.4, 0.5) is 5.69 Å². The number of nitro groups is 1. The average Bonchev–Trinajstić information content (AvgIpc) is 2.81. The van der Waals surface area contributed by atoms with Gasteiger partial charge in [-0.2, -0.15) is 0 Å². The number of methoxy groups -OCH3 is 1. The highest BCUT2D eigenvalue weighted by molar-refractivity contribution is 5.95. The molecular weight excluding hydrogens is 422 g/mol. The fourth-order valence-corrected chi connectivity index (χ4v) is 4.10. The molecule has 1 unspecified atom stereocenters. The summed E-state index contributed by atoms with van der Waals surface area (Å²) in [6.45, 7) is 5.33. The van der Waals surface area contributed by atoms with E-state index < -0.39 is 11.0 Å². The lowest BCUT2D eigenvalue weighted by molar-refractivity contribution is -0.384. The number of amides is 1. The van der Waals surface area contributed by atoms with Crippen LogP contribution in [0.3, 0.4) is 0 Å². The van der Waals surface area contributed by atoms with E-state index in [0.717, 1.165) is 11.1 Å². The fraction of sp³-hybridized carbons (Fsp3) is 0.360. The molecule has 2 aromatic carbocycles. The molecular formula is C25H29N3O5. The first-order valence-corrected chi connectivity index (χ1v) is 10.9. The largest absolute Gasteiger partial charge is 0.468 e. The molecule has 0 radical (unpaired) electrons. The van der Waals surface area contributed by atoms with Crippen LogP contribution in [0.15, 0.2) is 48.5 Å². The van der Waals surface area contributed by atoms with Gasteiger partial charge >= 0.3 is 5.97 Å². The summed E-state index contributed by atoms with van der Waals surface area (Å²) >= 11 is 0. The van der Waals surface area contributed by atoms with Crippen LogP contribution in [-0.2, 0) is 14.3 Å². The smallest absolute Gasteiger partial charge is 0.324 e. The van der Waals surface area contributed by atoms with Gasteiger partial charge < -0.3 is 9.64 Å². The highest BCUT2D eigenvalue weighted by atomic mass is 16.6. The monoisotopic (exact) mass is 451 g/mol. The molecule has 0 aliphatic carbocycles. The second-order valence-electron chi connectivity index (χ2n) is 8.38. The Morgan fingerprint density at radius 1 is 1.15 bits per heavy atom. The Hall–Kier alpha value is -3.52. The molecule has 1 aliphatic rings. The normalized spacial score (nSPS) is 16.9. The molecule has 0 aromatic heterocycles. The molecule has 2 aromatic rings. The van der Waals surface area contributed by atoms with E-state index in [-0.39, 0.29) is 30.0 Å². The quantitative estimate of drug-likeness (QED) is 0.288. The number of benzene rings is 2. The number of ether oxygens (including phenoxy) is 1. The second-order valence-corrected chi connectivity index (χ2v) is 8.38. The number of carbonyl (C=O) groups excluding carboxylic acids is 2. The van der Waals surface area contributed by atoms with Crippen LogP contribution in [-0.4, -0.2) is 66.4 Å². The Balaban J connectivity index is 1.96. The summed E-state index contributed by atoms with van der Waals surface area (Å²) in [5.74, 6) is -0.475. The molecule has 1 amide bonds. The van der Waals surface area contributed by atoms with Gasteiger partial charge in [-0.15, -0.1) is 0 Å². The Labute approximate surface area is 193 Å². The summed E-state index contributed by atoms with van der Waals surface area (Å²) in [6.07, 6.45) is 3.04. The SMILES string of the molecule is COC(=O)C1CN(C(=O)/C=C/c2cccc([N+](=O)[O-])c2-c2ccccc2C(C)C)CCN1C. The van der Waals surface area contributed by atoms with Crippen molar-refractivity contribution in [2.75, 3.05) is 33.8 Å². The number of nitro benzene ring substituents is 1. The van der Waals surface area contributed by atoms with E-state index in [9.17, 15) is 19.7 Å². The Kier molecular flexibility index (Phi) is 7.60. The van der Waals surface area contributed by atoms with Crippen molar-refractivity contribution < 1.29 is 19.2 Å². The van der Waals surface area contributed by atoms with Gasteiger partial charge in [0.05, 0.1) is 17.6 Å². The van der Waals surface area contributed by atoms with E-state index in [0.29, 0.717) is 24.2 Å². The molecule has 1 aliphatic heterocycles. The van der Waals surface area contributed by atoms with E-state index in [1.165, 1.54) is 19.3 Å². The predicted octanol–water partition coefficient (Wildman–Crippen LogP) is 3.71. The average molecular weight is 452 g/mol. The van der Waals surface area contributed by atoms with Crippen molar-refractivity contribution in [1.29, 1.82) is 0 Å². The van der Waals surface area contributed by atoms with Crippen molar-refractivity contribution in [3.05, 3.63) is 69.8 Å². The van der Waals surface area contributed by atoms with E-state index >= 15 is 0 Å². The van der Waals surface area contributed by atoms with E-state index in [4.69, 9.17) is 4.74 Å². The summed E-state index contributed by atoms with van der Waals surface area (Å²) in [4.78, 5) is 39.8. The zero-order valence-electron chi connectivity index (χ0n) is 19.4. The van der Waals surface area contributed by atoms with E-state index in [1.54, 1.807) is 23.1 Å². The summed E-state index contributed by atoms with van der Waals surface area (Å²) in [5, 5.41) is 11.8. The summed E-state index contributed by atoms with van der Waals surface area (Å²) in [5.41, 5.74) is 2.83.